The van der Waals surface area contributed by atoms with Crippen LogP contribution in [0.4, 0.5) is 36.4 Å². The number of pyridine rings is 1. The van der Waals surface area contributed by atoms with Crippen LogP contribution in [-0.4, -0.2) is 55.3 Å². The number of rotatable bonds is 7. The first-order chi connectivity index (χ1) is 20.0. The smallest absolute Gasteiger partial charge is 0.492 e. The van der Waals surface area contributed by atoms with Crippen LogP contribution in [0.25, 0.3) is 10.9 Å². The molecule has 1 amide bonds. The Morgan fingerprint density at radius 1 is 1.12 bits per heavy atom. The molecule has 8 nitrogen and oxygen atoms in total. The molecular weight excluding hydrogens is 613 g/mol. The predicted octanol–water partition coefficient (Wildman–Crippen LogP) is 5.38. The summed E-state index contributed by atoms with van der Waals surface area (Å²) in [7, 11) is 1.14. The maximum atomic E-state index is 15.6. The van der Waals surface area contributed by atoms with Crippen LogP contribution in [0.2, 0.25) is 5.02 Å². The molecule has 1 aliphatic heterocycles. The van der Waals surface area contributed by atoms with Gasteiger partial charge in [-0.1, -0.05) is 17.7 Å². The Labute approximate surface area is 245 Å². The summed E-state index contributed by atoms with van der Waals surface area (Å²) < 4.78 is 104. The quantitative estimate of drug-likeness (QED) is 0.338. The second-order valence-electron chi connectivity index (χ2n) is 10.1. The summed E-state index contributed by atoms with van der Waals surface area (Å²) in [5.41, 5.74) is -2.13. The zero-order valence-corrected chi connectivity index (χ0v) is 23.7. The summed E-state index contributed by atoms with van der Waals surface area (Å²) >= 11 is 5.99. The van der Waals surface area contributed by atoms with Gasteiger partial charge in [0.05, 0.1) is 18.0 Å². The van der Waals surface area contributed by atoms with Crippen LogP contribution in [0.3, 0.4) is 0 Å². The van der Waals surface area contributed by atoms with Crippen LogP contribution < -0.4 is 30.4 Å². The molecule has 2 heterocycles. The largest absolute Gasteiger partial charge is 0.573 e. The topological polar surface area (TPSA) is 84.8 Å². The molecule has 2 aromatic carbocycles. The van der Waals surface area contributed by atoms with E-state index in [0.29, 0.717) is 23.9 Å². The fourth-order valence-electron chi connectivity index (χ4n) is 5.10. The number of benzene rings is 2. The van der Waals surface area contributed by atoms with Crippen LogP contribution in [0.5, 0.6) is 11.5 Å². The van der Waals surface area contributed by atoms with Crippen molar-refractivity contribution >= 4 is 34.1 Å². The number of fused-ring (bicyclic) bond motifs is 1. The Balaban J connectivity index is 1.76. The molecule has 1 aromatic heterocycles. The first-order valence-electron chi connectivity index (χ1n) is 12.8. The number of aromatic nitrogens is 1. The number of hydrogen-bond donors (Lipinski definition) is 2. The maximum absolute atomic E-state index is 15.6. The highest BCUT2D eigenvalue weighted by Crippen LogP contribution is 2.39. The summed E-state index contributed by atoms with van der Waals surface area (Å²) in [5, 5.41) is 4.85. The number of piperazine rings is 1. The number of methoxy groups -OCH3 is 1. The van der Waals surface area contributed by atoms with E-state index in [1.807, 2.05) is 13.8 Å². The zero-order valence-electron chi connectivity index (χ0n) is 22.9. The summed E-state index contributed by atoms with van der Waals surface area (Å²) in [6.45, 7) is 2.29. The first kappa shape index (κ1) is 32.2. The van der Waals surface area contributed by atoms with Gasteiger partial charge in [0.25, 0.3) is 5.91 Å². The number of amides is 1. The molecule has 1 fully saturated rings. The van der Waals surface area contributed by atoms with Gasteiger partial charge in [-0.25, -0.2) is 4.39 Å². The lowest BCUT2D eigenvalue weighted by Gasteiger charge is -2.38. The van der Waals surface area contributed by atoms with Gasteiger partial charge in [0.15, 0.2) is 11.6 Å². The van der Waals surface area contributed by atoms with E-state index in [2.05, 4.69) is 15.4 Å². The van der Waals surface area contributed by atoms with Gasteiger partial charge in [0.2, 0.25) is 5.43 Å². The number of halogens is 8. The summed E-state index contributed by atoms with van der Waals surface area (Å²) in [6.07, 6.45) is -9.06. The molecular formula is C27H26ClF7N4O4. The highest BCUT2D eigenvalue weighted by molar-refractivity contribution is 6.31. The van der Waals surface area contributed by atoms with Crippen molar-refractivity contribution in [1.82, 2.24) is 15.2 Å². The highest BCUT2D eigenvalue weighted by Gasteiger charge is 2.34. The standard InChI is InChI=1S/C27H26ClF7N4O4/c1-13-9-38(10-14(2)37-13)22-20(29)7-17-21(24(22)42-3)39(12-26(30,31)32)11-18(23(17)40)25(41)36-8-15-4-5-16(6-19(15)28)43-27(33,34)35/h4-7,11,13-14,37H,8-10,12H2,1-3H3,(H,36,41)/t13-,14+. The SMILES string of the molecule is COc1c(N2C[C@@H](C)N[C@@H](C)C2)c(F)cc2c(=O)c(C(=O)NCc3ccc(OC(F)(F)F)cc3Cl)cn(CC(F)(F)F)c12. The lowest BCUT2D eigenvalue weighted by Crippen LogP contribution is -2.54. The minimum Gasteiger partial charge on any atom is -0.492 e. The van der Waals surface area contributed by atoms with E-state index in [1.54, 1.807) is 4.90 Å². The summed E-state index contributed by atoms with van der Waals surface area (Å²) in [4.78, 5) is 28.1. The molecule has 1 saturated heterocycles. The molecule has 0 radical (unpaired) electrons. The fraction of sp³-hybridized carbons (Fsp3) is 0.407. The van der Waals surface area contributed by atoms with E-state index in [1.165, 1.54) is 0 Å². The van der Waals surface area contributed by atoms with Crippen molar-refractivity contribution in [3.63, 3.8) is 0 Å². The van der Waals surface area contributed by atoms with E-state index >= 15 is 4.39 Å². The number of carbonyl (C=O) groups excluding carboxylic acids is 1. The molecule has 16 heteroatoms. The normalized spacial score (nSPS) is 17.7. The number of alkyl halides is 6. The monoisotopic (exact) mass is 638 g/mol. The predicted molar refractivity (Wildman–Crippen MR) is 144 cm³/mol. The Hall–Kier alpha value is -3.72. The van der Waals surface area contributed by atoms with E-state index in [-0.39, 0.29) is 39.6 Å². The third kappa shape index (κ3) is 7.44. The number of anilines is 1. The molecule has 2 N–H and O–H groups in total. The minimum absolute atomic E-state index is 0.0890. The molecule has 43 heavy (non-hydrogen) atoms. The number of nitrogens with zero attached hydrogens (tertiary/aromatic N) is 2. The van der Waals surface area contributed by atoms with Crippen LogP contribution >= 0.6 is 11.6 Å². The summed E-state index contributed by atoms with van der Waals surface area (Å²) in [5.74, 6) is -2.95. The first-order valence-corrected chi connectivity index (χ1v) is 13.2. The van der Waals surface area contributed by atoms with Crippen molar-refractivity contribution in [2.24, 2.45) is 0 Å². The molecule has 0 unspecified atom stereocenters. The third-order valence-corrected chi connectivity index (χ3v) is 6.97. The van der Waals surface area contributed by atoms with Gasteiger partial charge in [-0.05, 0) is 37.6 Å². The minimum atomic E-state index is -4.96. The van der Waals surface area contributed by atoms with Gasteiger partial charge < -0.3 is 29.6 Å². The van der Waals surface area contributed by atoms with E-state index in [0.717, 1.165) is 31.4 Å². The molecule has 0 aliphatic carbocycles. The van der Waals surface area contributed by atoms with Crippen molar-refractivity contribution in [2.45, 2.75) is 51.6 Å². The second-order valence-corrected chi connectivity index (χ2v) is 10.5. The van der Waals surface area contributed by atoms with Crippen molar-refractivity contribution in [2.75, 3.05) is 25.1 Å². The molecule has 1 aliphatic rings. The number of carbonyl (C=O) groups is 1. The Kier molecular flexibility index (Phi) is 9.07. The molecule has 0 saturated carbocycles. The van der Waals surface area contributed by atoms with Crippen LogP contribution in [0.1, 0.15) is 29.8 Å². The van der Waals surface area contributed by atoms with Crippen LogP contribution in [0, 0.1) is 5.82 Å². The van der Waals surface area contributed by atoms with E-state index < -0.39 is 59.5 Å². The average molecular weight is 639 g/mol. The van der Waals surface area contributed by atoms with E-state index in [4.69, 9.17) is 16.3 Å². The number of hydrogen-bond acceptors (Lipinski definition) is 6. The molecule has 4 rings (SSSR count). The maximum Gasteiger partial charge on any atom is 0.573 e. The van der Waals surface area contributed by atoms with E-state index in [9.17, 15) is 35.9 Å². The molecule has 0 spiro atoms. The van der Waals surface area contributed by atoms with Crippen LogP contribution in [0.15, 0.2) is 35.3 Å². The number of nitrogens with one attached hydrogen (secondary N) is 2. The fourth-order valence-corrected chi connectivity index (χ4v) is 5.34. The van der Waals surface area contributed by atoms with Crippen molar-refractivity contribution in [1.29, 1.82) is 0 Å². The molecule has 2 atom stereocenters. The Morgan fingerprint density at radius 3 is 2.33 bits per heavy atom. The Morgan fingerprint density at radius 2 is 1.77 bits per heavy atom. The van der Waals surface area contributed by atoms with Gasteiger partial charge >= 0.3 is 12.5 Å². The molecule has 3 aromatic rings. The van der Waals surface area contributed by atoms with Crippen molar-refractivity contribution in [3.05, 3.63) is 62.7 Å². The van der Waals surface area contributed by atoms with Gasteiger partial charge in [-0.3, -0.25) is 9.59 Å². The van der Waals surface area contributed by atoms with Gasteiger partial charge in [-0.2, -0.15) is 13.2 Å². The highest BCUT2D eigenvalue weighted by atomic mass is 35.5. The van der Waals surface area contributed by atoms with Gasteiger partial charge in [-0.15, -0.1) is 13.2 Å². The van der Waals surface area contributed by atoms with Crippen molar-refractivity contribution < 1.29 is 45.0 Å². The average Bonchev–Trinajstić information content (AvgIpc) is 2.86. The molecule has 234 valence electrons. The number of ether oxygens (including phenoxy) is 2. The molecule has 0 bridgehead atoms. The van der Waals surface area contributed by atoms with Crippen LogP contribution in [-0.2, 0) is 13.1 Å². The lowest BCUT2D eigenvalue weighted by atomic mass is 10.1. The van der Waals surface area contributed by atoms with Gasteiger partial charge in [0, 0.05) is 42.9 Å². The zero-order chi connectivity index (χ0) is 31.9. The Bertz CT molecular complexity index is 1580. The lowest BCUT2D eigenvalue weighted by molar-refractivity contribution is -0.274. The van der Waals surface area contributed by atoms with Crippen molar-refractivity contribution in [3.8, 4) is 11.5 Å². The second kappa shape index (κ2) is 12.1. The van der Waals surface area contributed by atoms with Gasteiger partial charge in [0.1, 0.15) is 23.5 Å². The summed E-state index contributed by atoms with van der Waals surface area (Å²) in [6, 6.07) is 3.54. The third-order valence-electron chi connectivity index (χ3n) is 6.61.